The molecule has 4 nitrogen and oxygen atoms in total. The van der Waals surface area contributed by atoms with Crippen molar-refractivity contribution in [2.24, 2.45) is 10.8 Å². The maximum atomic E-state index is 11.6. The van der Waals surface area contributed by atoms with Gasteiger partial charge in [0, 0.05) is 11.0 Å². The van der Waals surface area contributed by atoms with Crippen molar-refractivity contribution in [1.82, 2.24) is 5.01 Å². The first kappa shape index (κ1) is 11.3. The van der Waals surface area contributed by atoms with Crippen molar-refractivity contribution in [2.45, 2.75) is 6.42 Å². The third-order valence-corrected chi connectivity index (χ3v) is 2.84. The van der Waals surface area contributed by atoms with E-state index in [2.05, 4.69) is 21.0 Å². The summed E-state index contributed by atoms with van der Waals surface area (Å²) in [5.41, 5.74) is 7.19. The standard InChI is InChI=1S/C11H12BrN3O/c12-9-3-1-2-8(6-9)10-7-11(16)15(14-10)5-4-13/h1-3,6H,4-5,7,13H2. The minimum absolute atomic E-state index is 0.0143. The fourth-order valence-corrected chi connectivity index (χ4v) is 2.00. The van der Waals surface area contributed by atoms with Crippen molar-refractivity contribution in [2.75, 3.05) is 13.1 Å². The molecule has 1 amide bonds. The second kappa shape index (κ2) is 4.76. The van der Waals surface area contributed by atoms with E-state index in [1.54, 1.807) is 0 Å². The van der Waals surface area contributed by atoms with Gasteiger partial charge in [0.2, 0.25) is 5.91 Å². The molecule has 0 aliphatic carbocycles. The molecule has 84 valence electrons. The van der Waals surface area contributed by atoms with Crippen LogP contribution in [-0.4, -0.2) is 29.7 Å². The summed E-state index contributed by atoms with van der Waals surface area (Å²) in [5, 5.41) is 5.71. The molecule has 0 bridgehead atoms. The number of hydrazone groups is 1. The Labute approximate surface area is 102 Å². The van der Waals surface area contributed by atoms with Gasteiger partial charge >= 0.3 is 0 Å². The molecule has 1 aliphatic rings. The maximum absolute atomic E-state index is 11.6. The number of rotatable bonds is 3. The van der Waals surface area contributed by atoms with Crippen LogP contribution in [0.2, 0.25) is 0 Å². The van der Waals surface area contributed by atoms with Crippen molar-refractivity contribution < 1.29 is 4.79 Å². The molecule has 2 N–H and O–H groups in total. The predicted molar refractivity (Wildman–Crippen MR) is 66.1 cm³/mol. The van der Waals surface area contributed by atoms with Crippen LogP contribution in [0.3, 0.4) is 0 Å². The first-order valence-electron chi connectivity index (χ1n) is 5.04. The zero-order valence-electron chi connectivity index (χ0n) is 8.69. The molecule has 16 heavy (non-hydrogen) atoms. The average Bonchev–Trinajstić information content (AvgIpc) is 2.61. The maximum Gasteiger partial charge on any atom is 0.248 e. The van der Waals surface area contributed by atoms with Gasteiger partial charge < -0.3 is 5.73 Å². The Kier molecular flexibility index (Phi) is 3.36. The van der Waals surface area contributed by atoms with E-state index in [4.69, 9.17) is 5.73 Å². The zero-order chi connectivity index (χ0) is 11.5. The zero-order valence-corrected chi connectivity index (χ0v) is 10.3. The fourth-order valence-electron chi connectivity index (χ4n) is 1.60. The first-order valence-corrected chi connectivity index (χ1v) is 5.84. The third-order valence-electron chi connectivity index (χ3n) is 2.35. The van der Waals surface area contributed by atoms with E-state index in [0.29, 0.717) is 19.5 Å². The van der Waals surface area contributed by atoms with Crippen molar-refractivity contribution in [3.05, 3.63) is 34.3 Å². The van der Waals surface area contributed by atoms with Crippen molar-refractivity contribution >= 4 is 27.5 Å². The van der Waals surface area contributed by atoms with Crippen LogP contribution in [0.15, 0.2) is 33.8 Å². The first-order chi connectivity index (χ1) is 7.70. The van der Waals surface area contributed by atoms with E-state index < -0.39 is 0 Å². The number of amides is 1. The van der Waals surface area contributed by atoms with Crippen LogP contribution in [0.4, 0.5) is 0 Å². The van der Waals surface area contributed by atoms with Crippen molar-refractivity contribution in [3.8, 4) is 0 Å². The van der Waals surface area contributed by atoms with Crippen LogP contribution >= 0.6 is 15.9 Å². The summed E-state index contributed by atoms with van der Waals surface area (Å²) < 4.78 is 0.984. The summed E-state index contributed by atoms with van der Waals surface area (Å²) >= 11 is 3.40. The van der Waals surface area contributed by atoms with E-state index in [9.17, 15) is 4.79 Å². The van der Waals surface area contributed by atoms with Crippen LogP contribution in [0.1, 0.15) is 12.0 Å². The molecule has 0 spiro atoms. The number of carbonyl (C=O) groups is 1. The summed E-state index contributed by atoms with van der Waals surface area (Å²) in [4.78, 5) is 11.6. The van der Waals surface area contributed by atoms with E-state index in [1.807, 2.05) is 24.3 Å². The highest BCUT2D eigenvalue weighted by Crippen LogP contribution is 2.18. The highest BCUT2D eigenvalue weighted by molar-refractivity contribution is 9.10. The molecule has 0 atom stereocenters. The highest BCUT2D eigenvalue weighted by Gasteiger charge is 2.23. The van der Waals surface area contributed by atoms with Gasteiger partial charge in [-0.3, -0.25) is 4.79 Å². The molecular formula is C11H12BrN3O. The number of halogens is 1. The van der Waals surface area contributed by atoms with Crippen molar-refractivity contribution in [3.63, 3.8) is 0 Å². The largest absolute Gasteiger partial charge is 0.329 e. The smallest absolute Gasteiger partial charge is 0.248 e. The summed E-state index contributed by atoms with van der Waals surface area (Å²) in [6.45, 7) is 0.914. The predicted octanol–water partition coefficient (Wildman–Crippen LogP) is 1.34. The SMILES string of the molecule is NCCN1N=C(c2cccc(Br)c2)CC1=O. The second-order valence-corrected chi connectivity index (χ2v) is 4.46. The molecule has 1 aliphatic heterocycles. The molecule has 0 saturated carbocycles. The molecule has 0 radical (unpaired) electrons. The molecule has 2 rings (SSSR count). The normalized spacial score (nSPS) is 15.5. The Morgan fingerprint density at radius 1 is 1.50 bits per heavy atom. The number of nitrogens with two attached hydrogens (primary N) is 1. The summed E-state index contributed by atoms with van der Waals surface area (Å²) in [6, 6.07) is 7.78. The van der Waals surface area contributed by atoms with Gasteiger partial charge in [-0.15, -0.1) is 0 Å². The molecule has 0 saturated heterocycles. The second-order valence-electron chi connectivity index (χ2n) is 3.54. The molecule has 1 heterocycles. The summed E-state index contributed by atoms with van der Waals surface area (Å²) in [7, 11) is 0. The highest BCUT2D eigenvalue weighted by atomic mass is 79.9. The van der Waals surface area contributed by atoms with Gasteiger partial charge in [0.25, 0.3) is 0 Å². The summed E-state index contributed by atoms with van der Waals surface area (Å²) in [5.74, 6) is 0.0143. The monoisotopic (exact) mass is 281 g/mol. The quantitative estimate of drug-likeness (QED) is 0.909. The van der Waals surface area contributed by atoms with Crippen LogP contribution in [0, 0.1) is 0 Å². The lowest BCUT2D eigenvalue weighted by Crippen LogP contribution is -2.26. The lowest BCUT2D eigenvalue weighted by atomic mass is 10.1. The number of hydrogen-bond donors (Lipinski definition) is 1. The van der Waals surface area contributed by atoms with Gasteiger partial charge in [0.15, 0.2) is 0 Å². The Bertz CT molecular complexity index is 445. The topological polar surface area (TPSA) is 58.7 Å². The third kappa shape index (κ3) is 2.31. The van der Waals surface area contributed by atoms with E-state index in [-0.39, 0.29) is 5.91 Å². The van der Waals surface area contributed by atoms with Crippen LogP contribution < -0.4 is 5.73 Å². The lowest BCUT2D eigenvalue weighted by molar-refractivity contribution is -0.128. The van der Waals surface area contributed by atoms with Gasteiger partial charge in [0.05, 0.1) is 18.7 Å². The van der Waals surface area contributed by atoms with Crippen LogP contribution in [-0.2, 0) is 4.79 Å². The number of carbonyl (C=O) groups excluding carboxylic acids is 1. The molecule has 5 heteroatoms. The Morgan fingerprint density at radius 3 is 3.00 bits per heavy atom. The minimum atomic E-state index is 0.0143. The molecule has 0 unspecified atom stereocenters. The molecule has 1 aromatic rings. The van der Waals surface area contributed by atoms with Gasteiger partial charge in [-0.05, 0) is 17.7 Å². The van der Waals surface area contributed by atoms with Gasteiger partial charge in [0.1, 0.15) is 0 Å². The van der Waals surface area contributed by atoms with E-state index in [1.165, 1.54) is 5.01 Å². The van der Waals surface area contributed by atoms with Gasteiger partial charge in [-0.2, -0.15) is 5.10 Å². The number of benzene rings is 1. The molecule has 0 fully saturated rings. The number of nitrogens with zero attached hydrogens (tertiary/aromatic N) is 2. The summed E-state index contributed by atoms with van der Waals surface area (Å²) in [6.07, 6.45) is 0.358. The van der Waals surface area contributed by atoms with Gasteiger partial charge in [-0.1, -0.05) is 28.1 Å². The lowest BCUT2D eigenvalue weighted by Gasteiger charge is -2.08. The Balaban J connectivity index is 2.23. The number of hydrogen-bond acceptors (Lipinski definition) is 3. The average molecular weight is 282 g/mol. The van der Waals surface area contributed by atoms with Gasteiger partial charge in [-0.25, -0.2) is 5.01 Å². The molecule has 0 aromatic heterocycles. The molecule has 1 aromatic carbocycles. The minimum Gasteiger partial charge on any atom is -0.329 e. The van der Waals surface area contributed by atoms with Crippen molar-refractivity contribution in [1.29, 1.82) is 0 Å². The van der Waals surface area contributed by atoms with Crippen LogP contribution in [0.5, 0.6) is 0 Å². The Morgan fingerprint density at radius 2 is 2.31 bits per heavy atom. The van der Waals surface area contributed by atoms with Crippen LogP contribution in [0.25, 0.3) is 0 Å². The molecular weight excluding hydrogens is 270 g/mol. The van der Waals surface area contributed by atoms with E-state index in [0.717, 1.165) is 15.7 Å². The fraction of sp³-hybridized carbons (Fsp3) is 0.273. The Hall–Kier alpha value is -1.20. The van der Waals surface area contributed by atoms with E-state index >= 15 is 0 Å².